The summed E-state index contributed by atoms with van der Waals surface area (Å²) in [5, 5.41) is 0. The molecule has 0 N–H and O–H groups in total. The van der Waals surface area contributed by atoms with Crippen LogP contribution in [0.1, 0.15) is 265 Å². The lowest BCUT2D eigenvalue weighted by molar-refractivity contribution is -0.167. The molecule has 0 bridgehead atoms. The highest BCUT2D eigenvalue weighted by atomic mass is 16.6. The van der Waals surface area contributed by atoms with Gasteiger partial charge in [0.05, 0.1) is 0 Å². The molecule has 0 aromatic carbocycles. The first kappa shape index (κ1) is 70.5. The highest BCUT2D eigenvalue weighted by Gasteiger charge is 2.19. The van der Waals surface area contributed by atoms with E-state index >= 15 is 0 Å². The highest BCUT2D eigenvalue weighted by molar-refractivity contribution is 5.71. The monoisotopic (exact) mass is 1040 g/mol. The third kappa shape index (κ3) is 60.3. The number of esters is 3. The number of carbonyl (C=O) groups is 3. The van der Waals surface area contributed by atoms with Gasteiger partial charge in [0.25, 0.3) is 0 Å². The van der Waals surface area contributed by atoms with Gasteiger partial charge >= 0.3 is 17.9 Å². The van der Waals surface area contributed by atoms with Crippen LogP contribution >= 0.6 is 0 Å². The number of rotatable bonds is 54. The maximum absolute atomic E-state index is 12.9. The average molecular weight is 1040 g/mol. The van der Waals surface area contributed by atoms with Crippen LogP contribution < -0.4 is 0 Å². The van der Waals surface area contributed by atoms with E-state index in [1.807, 2.05) is 72.9 Å². The maximum atomic E-state index is 12.9. The van der Waals surface area contributed by atoms with Crippen molar-refractivity contribution >= 4 is 17.9 Å². The molecule has 75 heavy (non-hydrogen) atoms. The van der Waals surface area contributed by atoms with Crippen molar-refractivity contribution in [2.75, 3.05) is 13.2 Å². The van der Waals surface area contributed by atoms with Gasteiger partial charge in [0.2, 0.25) is 0 Å². The second-order valence-electron chi connectivity index (χ2n) is 20.0. The van der Waals surface area contributed by atoms with E-state index in [4.69, 9.17) is 14.2 Å². The number of hydrogen-bond acceptors (Lipinski definition) is 6. The average Bonchev–Trinajstić information content (AvgIpc) is 3.41. The van der Waals surface area contributed by atoms with Crippen molar-refractivity contribution in [2.24, 2.45) is 0 Å². The molecule has 0 aliphatic carbocycles. The Morgan fingerprint density at radius 3 is 1.00 bits per heavy atom. The van der Waals surface area contributed by atoms with Crippen LogP contribution in [0.2, 0.25) is 0 Å². The molecule has 0 fully saturated rings. The molecule has 0 aliphatic rings. The molecule has 0 saturated carbocycles. The number of carbonyl (C=O) groups excluding carboxylic acids is 3. The van der Waals surface area contributed by atoms with Crippen molar-refractivity contribution in [3.63, 3.8) is 0 Å². The van der Waals surface area contributed by atoms with Gasteiger partial charge in [-0.3, -0.25) is 14.4 Å². The van der Waals surface area contributed by atoms with Gasteiger partial charge in [-0.05, 0) is 96.3 Å². The topological polar surface area (TPSA) is 78.9 Å². The molecular weight excluding hydrogens is 925 g/mol. The fourth-order valence-electron chi connectivity index (χ4n) is 8.26. The largest absolute Gasteiger partial charge is 0.462 e. The zero-order chi connectivity index (χ0) is 54.3. The lowest BCUT2D eigenvalue weighted by atomic mass is 10.1. The number of allylic oxidation sites excluding steroid dienone is 22. The number of hydrogen-bond donors (Lipinski definition) is 0. The molecule has 0 spiro atoms. The zero-order valence-electron chi connectivity index (χ0n) is 48.5. The van der Waals surface area contributed by atoms with Crippen LogP contribution in [-0.2, 0) is 28.6 Å². The predicted octanol–water partition coefficient (Wildman–Crippen LogP) is 21.0. The third-order valence-corrected chi connectivity index (χ3v) is 12.8. The minimum Gasteiger partial charge on any atom is -0.462 e. The van der Waals surface area contributed by atoms with Gasteiger partial charge in [-0.25, -0.2) is 0 Å². The minimum atomic E-state index is -0.808. The first-order valence-corrected chi connectivity index (χ1v) is 30.8. The SMILES string of the molecule is CC\C=C/C=C\C=C/C=C\C=C\C=C/C=C\CCCCCC(=O)OCC(COC(=O)CCCCCCCCC/C=C\CCCCCCCCCC)OC(=O)CCCCCCCCCCC/C=C\C/C=C\C/C=C\CC. The van der Waals surface area contributed by atoms with E-state index in [-0.39, 0.29) is 31.1 Å². The van der Waals surface area contributed by atoms with Crippen molar-refractivity contribution in [1.82, 2.24) is 0 Å². The summed E-state index contributed by atoms with van der Waals surface area (Å²) in [6, 6.07) is 0. The van der Waals surface area contributed by atoms with Crippen LogP contribution in [0.3, 0.4) is 0 Å². The Kier molecular flexibility index (Phi) is 58.4. The van der Waals surface area contributed by atoms with Gasteiger partial charge in [0, 0.05) is 19.3 Å². The Bertz CT molecular complexity index is 1620. The standard InChI is InChI=1S/C69H112O6/c1-4-7-10-13-16-19-22-25-28-31-34-37-40-43-46-49-52-55-58-61-67(70)73-64-66(75-69(72)63-60-57-54-51-48-45-42-39-36-33-30-27-24-21-18-15-12-9-6-3)65-74-68(71)62-59-56-53-50-47-44-41-38-35-32-29-26-23-20-17-14-11-8-5-2/h7,9-10,12-13,16,18-19,21-22,25,27-28,30-32,34-35,37,40,43,46,66H,4-6,8,11,14-15,17,20,23-24,26,29,33,36,38-39,41-42,44-45,47-65H2,1-3H3/b10-7-,12-9-,16-13-,21-18-,22-19-,28-25-,30-27-,34-31+,35-32-,40-37-,46-43-. The normalized spacial score (nSPS) is 13.1. The van der Waals surface area contributed by atoms with E-state index in [1.165, 1.54) is 128 Å². The van der Waals surface area contributed by atoms with E-state index in [1.54, 1.807) is 0 Å². The van der Waals surface area contributed by atoms with Gasteiger partial charge in [-0.2, -0.15) is 0 Å². The molecule has 6 nitrogen and oxygen atoms in total. The molecule has 0 amide bonds. The molecule has 6 heteroatoms. The van der Waals surface area contributed by atoms with Crippen molar-refractivity contribution in [1.29, 1.82) is 0 Å². The van der Waals surface area contributed by atoms with Crippen LogP contribution in [0.15, 0.2) is 134 Å². The summed E-state index contributed by atoms with van der Waals surface area (Å²) in [6.45, 7) is 6.35. The van der Waals surface area contributed by atoms with Crippen LogP contribution in [0, 0.1) is 0 Å². The number of unbranched alkanes of at least 4 members (excludes halogenated alkanes) is 27. The Morgan fingerprint density at radius 2 is 0.587 bits per heavy atom. The summed E-state index contributed by atoms with van der Waals surface area (Å²) in [6.07, 6.45) is 87.3. The third-order valence-electron chi connectivity index (χ3n) is 12.8. The fraction of sp³-hybridized carbons (Fsp3) is 0.638. The first-order valence-electron chi connectivity index (χ1n) is 30.8. The van der Waals surface area contributed by atoms with Crippen molar-refractivity contribution in [3.8, 4) is 0 Å². The van der Waals surface area contributed by atoms with Gasteiger partial charge in [0.1, 0.15) is 13.2 Å². The summed E-state index contributed by atoms with van der Waals surface area (Å²) >= 11 is 0. The minimum absolute atomic E-state index is 0.101. The number of ether oxygens (including phenoxy) is 3. The van der Waals surface area contributed by atoms with Crippen LogP contribution in [0.25, 0.3) is 0 Å². The fourth-order valence-corrected chi connectivity index (χ4v) is 8.26. The molecule has 1 unspecified atom stereocenters. The first-order chi connectivity index (χ1) is 37.0. The van der Waals surface area contributed by atoms with Gasteiger partial charge in [-0.15, -0.1) is 0 Å². The van der Waals surface area contributed by atoms with Gasteiger partial charge in [-0.1, -0.05) is 283 Å². The summed E-state index contributed by atoms with van der Waals surface area (Å²) < 4.78 is 16.9. The second-order valence-corrected chi connectivity index (χ2v) is 20.0. The van der Waals surface area contributed by atoms with Crippen LogP contribution in [-0.4, -0.2) is 37.2 Å². The lowest BCUT2D eigenvalue weighted by Gasteiger charge is -2.18. The molecule has 0 rings (SSSR count). The summed E-state index contributed by atoms with van der Waals surface area (Å²) in [5.74, 6) is -0.956. The van der Waals surface area contributed by atoms with E-state index in [0.29, 0.717) is 19.3 Å². The van der Waals surface area contributed by atoms with E-state index in [0.717, 1.165) is 96.3 Å². The Labute approximate surface area is 462 Å². The van der Waals surface area contributed by atoms with Crippen LogP contribution in [0.5, 0.6) is 0 Å². The summed E-state index contributed by atoms with van der Waals surface area (Å²) in [7, 11) is 0. The van der Waals surface area contributed by atoms with E-state index < -0.39 is 6.10 Å². The van der Waals surface area contributed by atoms with Crippen LogP contribution in [0.4, 0.5) is 0 Å². The zero-order valence-corrected chi connectivity index (χ0v) is 48.5. The molecule has 0 radical (unpaired) electrons. The lowest BCUT2D eigenvalue weighted by Crippen LogP contribution is -2.30. The molecule has 0 aliphatic heterocycles. The van der Waals surface area contributed by atoms with Crippen molar-refractivity contribution < 1.29 is 28.6 Å². The summed E-state index contributed by atoms with van der Waals surface area (Å²) in [5.41, 5.74) is 0. The van der Waals surface area contributed by atoms with Gasteiger partial charge < -0.3 is 14.2 Å². The maximum Gasteiger partial charge on any atom is 0.306 e. The smallest absolute Gasteiger partial charge is 0.306 e. The molecule has 424 valence electrons. The van der Waals surface area contributed by atoms with E-state index in [2.05, 4.69) is 81.5 Å². The van der Waals surface area contributed by atoms with Crippen molar-refractivity contribution in [2.45, 2.75) is 271 Å². The Morgan fingerprint density at radius 1 is 0.293 bits per heavy atom. The molecule has 0 heterocycles. The predicted molar refractivity (Wildman–Crippen MR) is 325 cm³/mol. The van der Waals surface area contributed by atoms with E-state index in [9.17, 15) is 14.4 Å². The molecule has 0 saturated heterocycles. The van der Waals surface area contributed by atoms with Gasteiger partial charge in [0.15, 0.2) is 6.10 Å². The molecule has 0 aromatic heterocycles. The Balaban J connectivity index is 4.51. The molecule has 0 aromatic rings. The summed E-state index contributed by atoms with van der Waals surface area (Å²) in [4.78, 5) is 38.3. The Hall–Kier alpha value is -4.45. The van der Waals surface area contributed by atoms with Crippen molar-refractivity contribution in [3.05, 3.63) is 134 Å². The quantitative estimate of drug-likeness (QED) is 0.0199. The molecule has 1 atom stereocenters. The molecular formula is C69H112O6. The second kappa shape index (κ2) is 62.1. The highest BCUT2D eigenvalue weighted by Crippen LogP contribution is 2.15.